The van der Waals surface area contributed by atoms with Crippen molar-refractivity contribution in [1.82, 2.24) is 5.32 Å². The second-order valence-corrected chi connectivity index (χ2v) is 6.75. The Kier molecular flexibility index (Phi) is 4.67. The van der Waals surface area contributed by atoms with Crippen LogP contribution in [0.2, 0.25) is 0 Å². The molecule has 2 aliphatic rings. The first-order valence-electron chi connectivity index (χ1n) is 7.57. The van der Waals surface area contributed by atoms with E-state index < -0.39 is 0 Å². The number of rotatable bonds is 4. The van der Waals surface area contributed by atoms with Crippen molar-refractivity contribution in [1.29, 1.82) is 0 Å². The second-order valence-electron chi connectivity index (χ2n) is 6.75. The zero-order valence-electron chi connectivity index (χ0n) is 11.7. The Balaban J connectivity index is 1.65. The molecule has 0 spiro atoms. The lowest BCUT2D eigenvalue weighted by atomic mass is 9.85. The lowest BCUT2D eigenvalue weighted by Gasteiger charge is -2.22. The Morgan fingerprint density at radius 1 is 1.24 bits per heavy atom. The maximum atomic E-state index is 3.79. The summed E-state index contributed by atoms with van der Waals surface area (Å²) in [5.41, 5.74) is 2.29. The van der Waals surface area contributed by atoms with Crippen LogP contribution in [0.3, 0.4) is 0 Å². The highest BCUT2D eigenvalue weighted by Crippen LogP contribution is 2.33. The first-order valence-corrected chi connectivity index (χ1v) is 7.57. The third-order valence-electron chi connectivity index (χ3n) is 4.59. The van der Waals surface area contributed by atoms with Crippen LogP contribution in [0.4, 0.5) is 0 Å². The monoisotopic (exact) mass is 235 g/mol. The van der Waals surface area contributed by atoms with Crippen LogP contribution in [-0.2, 0) is 0 Å². The Labute approximate surface area is 107 Å². The maximum absolute atomic E-state index is 3.79. The van der Waals surface area contributed by atoms with Gasteiger partial charge in [-0.2, -0.15) is 0 Å². The molecule has 1 fully saturated rings. The Hall–Kier alpha value is -0.300. The van der Waals surface area contributed by atoms with Crippen molar-refractivity contribution in [2.24, 2.45) is 5.41 Å². The average molecular weight is 235 g/mol. The molecule has 0 radical (unpaired) electrons. The van der Waals surface area contributed by atoms with E-state index in [4.69, 9.17) is 0 Å². The first-order chi connectivity index (χ1) is 8.16. The fourth-order valence-corrected chi connectivity index (χ4v) is 3.27. The molecule has 0 aliphatic heterocycles. The van der Waals surface area contributed by atoms with Crippen LogP contribution in [0.1, 0.15) is 71.6 Å². The van der Waals surface area contributed by atoms with E-state index in [0.717, 1.165) is 6.04 Å². The van der Waals surface area contributed by atoms with Gasteiger partial charge in [0.2, 0.25) is 0 Å². The standard InChI is InChI=1S/C16H29N/c1-16(2)11-5-8-15(9-12-16)17-13-10-14-6-3-4-7-14/h6,15,17H,3-5,7-13H2,1-2H3. The molecule has 1 heteroatoms. The number of allylic oxidation sites excluding steroid dienone is 1. The van der Waals surface area contributed by atoms with Crippen molar-refractivity contribution in [3.63, 3.8) is 0 Å². The fourth-order valence-electron chi connectivity index (χ4n) is 3.27. The summed E-state index contributed by atoms with van der Waals surface area (Å²) in [5.74, 6) is 0. The summed E-state index contributed by atoms with van der Waals surface area (Å²) < 4.78 is 0. The normalized spacial score (nSPS) is 28.8. The maximum Gasteiger partial charge on any atom is 0.00673 e. The molecule has 0 aromatic carbocycles. The lowest BCUT2D eigenvalue weighted by molar-refractivity contribution is 0.310. The van der Waals surface area contributed by atoms with E-state index in [-0.39, 0.29) is 0 Å². The van der Waals surface area contributed by atoms with Crippen LogP contribution in [0, 0.1) is 5.41 Å². The third kappa shape index (κ3) is 4.46. The predicted molar refractivity (Wildman–Crippen MR) is 75.2 cm³/mol. The topological polar surface area (TPSA) is 12.0 Å². The largest absolute Gasteiger partial charge is 0.314 e. The molecule has 2 rings (SSSR count). The van der Waals surface area contributed by atoms with Gasteiger partial charge in [0.05, 0.1) is 0 Å². The van der Waals surface area contributed by atoms with Gasteiger partial charge in [0, 0.05) is 6.04 Å². The highest BCUT2D eigenvalue weighted by atomic mass is 14.9. The molecule has 1 saturated carbocycles. The number of hydrogen-bond donors (Lipinski definition) is 1. The average Bonchev–Trinajstić information content (AvgIpc) is 2.72. The Bertz CT molecular complexity index is 265. The van der Waals surface area contributed by atoms with Crippen molar-refractivity contribution in [2.75, 3.05) is 6.54 Å². The second kappa shape index (κ2) is 6.04. The Morgan fingerprint density at radius 3 is 2.88 bits per heavy atom. The molecule has 0 saturated heterocycles. The summed E-state index contributed by atoms with van der Waals surface area (Å²) in [7, 11) is 0. The van der Waals surface area contributed by atoms with Gasteiger partial charge in [-0.1, -0.05) is 31.9 Å². The Morgan fingerprint density at radius 2 is 2.12 bits per heavy atom. The van der Waals surface area contributed by atoms with Gasteiger partial charge >= 0.3 is 0 Å². The van der Waals surface area contributed by atoms with Gasteiger partial charge in [-0.25, -0.2) is 0 Å². The highest BCUT2D eigenvalue weighted by molar-refractivity contribution is 5.07. The van der Waals surface area contributed by atoms with Crippen molar-refractivity contribution in [2.45, 2.75) is 77.7 Å². The van der Waals surface area contributed by atoms with Gasteiger partial charge in [0.1, 0.15) is 0 Å². The molecule has 1 atom stereocenters. The number of nitrogens with one attached hydrogen (secondary N) is 1. The summed E-state index contributed by atoms with van der Waals surface area (Å²) in [6.45, 7) is 6.06. The van der Waals surface area contributed by atoms with Crippen molar-refractivity contribution >= 4 is 0 Å². The van der Waals surface area contributed by atoms with Gasteiger partial charge in [0.25, 0.3) is 0 Å². The van der Waals surface area contributed by atoms with Crippen LogP contribution in [0.15, 0.2) is 11.6 Å². The van der Waals surface area contributed by atoms with E-state index >= 15 is 0 Å². The molecule has 1 N–H and O–H groups in total. The van der Waals surface area contributed by atoms with Crippen molar-refractivity contribution in [3.05, 3.63) is 11.6 Å². The SMILES string of the molecule is CC1(C)CCCC(NCCC2=CCCC2)CC1. The molecule has 17 heavy (non-hydrogen) atoms. The van der Waals surface area contributed by atoms with Crippen molar-refractivity contribution < 1.29 is 0 Å². The molecule has 1 unspecified atom stereocenters. The smallest absolute Gasteiger partial charge is 0.00673 e. The van der Waals surface area contributed by atoms with Crippen LogP contribution in [0.5, 0.6) is 0 Å². The van der Waals surface area contributed by atoms with Crippen LogP contribution in [-0.4, -0.2) is 12.6 Å². The van der Waals surface area contributed by atoms with E-state index in [1.165, 1.54) is 64.3 Å². The molecule has 0 amide bonds. The summed E-state index contributed by atoms with van der Waals surface area (Å²) >= 11 is 0. The summed E-state index contributed by atoms with van der Waals surface area (Å²) in [6, 6.07) is 0.791. The highest BCUT2D eigenvalue weighted by Gasteiger charge is 2.23. The minimum absolute atomic E-state index is 0.588. The molecule has 1 nitrogen and oxygen atoms in total. The molecular weight excluding hydrogens is 206 g/mol. The van der Waals surface area contributed by atoms with E-state index in [1.807, 2.05) is 0 Å². The van der Waals surface area contributed by atoms with Crippen LogP contribution >= 0.6 is 0 Å². The lowest BCUT2D eigenvalue weighted by Crippen LogP contribution is -2.29. The van der Waals surface area contributed by atoms with Gasteiger partial charge in [0.15, 0.2) is 0 Å². The van der Waals surface area contributed by atoms with E-state index in [2.05, 4.69) is 25.2 Å². The molecule has 0 aromatic rings. The van der Waals surface area contributed by atoms with E-state index in [1.54, 1.807) is 5.57 Å². The van der Waals surface area contributed by atoms with Gasteiger partial charge in [-0.15, -0.1) is 0 Å². The summed E-state index contributed by atoms with van der Waals surface area (Å²) in [5, 5.41) is 3.79. The summed E-state index contributed by atoms with van der Waals surface area (Å²) in [6.07, 6.45) is 14.8. The molecule has 0 aromatic heterocycles. The van der Waals surface area contributed by atoms with E-state index in [9.17, 15) is 0 Å². The van der Waals surface area contributed by atoms with Gasteiger partial charge < -0.3 is 5.32 Å². The molecule has 0 heterocycles. The van der Waals surface area contributed by atoms with E-state index in [0.29, 0.717) is 5.41 Å². The zero-order valence-corrected chi connectivity index (χ0v) is 11.7. The molecule has 2 aliphatic carbocycles. The van der Waals surface area contributed by atoms with Gasteiger partial charge in [-0.05, 0) is 63.3 Å². The van der Waals surface area contributed by atoms with Crippen LogP contribution in [0.25, 0.3) is 0 Å². The molecule has 98 valence electrons. The van der Waals surface area contributed by atoms with Crippen molar-refractivity contribution in [3.8, 4) is 0 Å². The quantitative estimate of drug-likeness (QED) is 0.561. The van der Waals surface area contributed by atoms with Crippen LogP contribution < -0.4 is 5.32 Å². The predicted octanol–water partition coefficient (Wildman–Crippen LogP) is 4.44. The summed E-state index contributed by atoms with van der Waals surface area (Å²) in [4.78, 5) is 0. The molecule has 0 bridgehead atoms. The number of hydrogen-bond acceptors (Lipinski definition) is 1. The first kappa shape index (κ1) is 13.1. The minimum atomic E-state index is 0.588. The third-order valence-corrected chi connectivity index (χ3v) is 4.59. The fraction of sp³-hybridized carbons (Fsp3) is 0.875. The van der Waals surface area contributed by atoms with Gasteiger partial charge in [-0.3, -0.25) is 0 Å². The minimum Gasteiger partial charge on any atom is -0.314 e. The molecular formula is C16H29N. The zero-order chi connectivity index (χ0) is 12.1.